The van der Waals surface area contributed by atoms with Gasteiger partial charge in [0, 0.05) is 15.3 Å². The highest BCUT2D eigenvalue weighted by Crippen LogP contribution is 2.30. The van der Waals surface area contributed by atoms with Crippen molar-refractivity contribution in [1.29, 1.82) is 0 Å². The summed E-state index contributed by atoms with van der Waals surface area (Å²) in [6.45, 7) is 4.29. The van der Waals surface area contributed by atoms with Crippen molar-refractivity contribution in [1.82, 2.24) is 9.97 Å². The Hall–Kier alpha value is -1.59. The average Bonchev–Trinajstić information content (AvgIpc) is 2.92. The third-order valence-corrected chi connectivity index (χ3v) is 5.31. The van der Waals surface area contributed by atoms with Crippen molar-refractivity contribution in [2.45, 2.75) is 25.2 Å². The Morgan fingerprint density at radius 3 is 2.57 bits per heavy atom. The fourth-order valence-electron chi connectivity index (χ4n) is 2.16. The molecule has 0 aliphatic carbocycles. The minimum absolute atomic E-state index is 0.568. The molecule has 5 heteroatoms. The predicted octanol–water partition coefficient (Wildman–Crippen LogP) is 4.61. The average molecular weight is 315 g/mol. The number of nitrogen functional groups attached to an aromatic ring is 1. The van der Waals surface area contributed by atoms with E-state index in [9.17, 15) is 0 Å². The topological polar surface area (TPSA) is 51.8 Å². The molecule has 3 rings (SSSR count). The summed E-state index contributed by atoms with van der Waals surface area (Å²) in [6.07, 6.45) is 0.999. The molecule has 1 aromatic carbocycles. The van der Waals surface area contributed by atoms with Crippen molar-refractivity contribution in [2.24, 2.45) is 0 Å². The molecule has 2 aromatic heterocycles. The monoisotopic (exact) mass is 315 g/mol. The second-order valence-electron chi connectivity index (χ2n) is 4.67. The number of anilines is 1. The zero-order valence-corrected chi connectivity index (χ0v) is 13.7. The Kier molecular flexibility index (Phi) is 4.12. The summed E-state index contributed by atoms with van der Waals surface area (Å²) in [4.78, 5) is 12.7. The zero-order valence-electron chi connectivity index (χ0n) is 12.1. The van der Waals surface area contributed by atoms with E-state index in [1.165, 1.54) is 9.77 Å². The van der Waals surface area contributed by atoms with E-state index in [0.29, 0.717) is 11.6 Å². The van der Waals surface area contributed by atoms with E-state index < -0.39 is 0 Å². The first-order chi connectivity index (χ1) is 10.2. The second kappa shape index (κ2) is 6.03. The molecule has 0 aliphatic heterocycles. The Bertz CT molecular complexity index is 763. The molecule has 0 spiro atoms. The maximum absolute atomic E-state index is 6.09. The molecule has 0 unspecified atom stereocenters. The molecule has 0 aliphatic rings. The van der Waals surface area contributed by atoms with E-state index in [0.717, 1.165) is 28.0 Å². The summed E-state index contributed by atoms with van der Waals surface area (Å²) >= 11 is 3.52. The molecule has 3 nitrogen and oxygen atoms in total. The zero-order chi connectivity index (χ0) is 14.8. The Morgan fingerprint density at radius 1 is 1.14 bits per heavy atom. The lowest BCUT2D eigenvalue weighted by Crippen LogP contribution is -1.95. The fourth-order valence-corrected chi connectivity index (χ4v) is 3.80. The van der Waals surface area contributed by atoms with Gasteiger partial charge in [-0.05, 0) is 30.4 Å². The first-order valence-corrected chi connectivity index (χ1v) is 8.80. The summed E-state index contributed by atoms with van der Waals surface area (Å²) in [5.74, 6) is 2.35. The number of thiophene rings is 1. The van der Waals surface area contributed by atoms with Crippen LogP contribution >= 0.6 is 23.1 Å². The van der Waals surface area contributed by atoms with E-state index >= 15 is 0 Å². The van der Waals surface area contributed by atoms with Crippen molar-refractivity contribution < 1.29 is 0 Å². The first kappa shape index (κ1) is 14.4. The van der Waals surface area contributed by atoms with Crippen LogP contribution in [0.25, 0.3) is 21.6 Å². The van der Waals surface area contributed by atoms with E-state index in [1.54, 1.807) is 11.3 Å². The number of nitrogens with two attached hydrogens (primary N) is 1. The summed E-state index contributed by atoms with van der Waals surface area (Å²) < 4.78 is 0. The molecule has 0 saturated carbocycles. The standard InChI is InChI=1S/C16H17N3S2/c1-3-11-9-13-14(17)18-15(19-16(13)21-11)10-5-7-12(8-6-10)20-4-2/h5-9H,3-4H2,1-2H3,(H2,17,18,19). The molecule has 21 heavy (non-hydrogen) atoms. The summed E-state index contributed by atoms with van der Waals surface area (Å²) in [6, 6.07) is 10.4. The van der Waals surface area contributed by atoms with Crippen molar-refractivity contribution in [3.63, 3.8) is 0 Å². The van der Waals surface area contributed by atoms with Crippen LogP contribution in [0.3, 0.4) is 0 Å². The second-order valence-corrected chi connectivity index (χ2v) is 7.13. The maximum Gasteiger partial charge on any atom is 0.163 e. The fraction of sp³-hybridized carbons (Fsp3) is 0.250. The highest BCUT2D eigenvalue weighted by molar-refractivity contribution is 7.99. The molecule has 0 fully saturated rings. The SMILES string of the molecule is CCSc1ccc(-c2nc(N)c3cc(CC)sc3n2)cc1. The maximum atomic E-state index is 6.09. The number of thioether (sulfide) groups is 1. The normalized spacial score (nSPS) is 11.1. The van der Waals surface area contributed by atoms with Crippen LogP contribution < -0.4 is 5.73 Å². The lowest BCUT2D eigenvalue weighted by molar-refractivity contribution is 1.19. The van der Waals surface area contributed by atoms with E-state index in [4.69, 9.17) is 5.73 Å². The highest BCUT2D eigenvalue weighted by Gasteiger charge is 2.10. The number of rotatable bonds is 4. The van der Waals surface area contributed by atoms with Crippen LogP contribution in [0.4, 0.5) is 5.82 Å². The third kappa shape index (κ3) is 2.89. The Balaban J connectivity index is 2.03. The molecule has 0 amide bonds. The van der Waals surface area contributed by atoms with E-state index in [2.05, 4.69) is 54.1 Å². The molecule has 0 atom stereocenters. The molecule has 0 saturated heterocycles. The lowest BCUT2D eigenvalue weighted by Gasteiger charge is -2.04. The Labute approximate surface area is 132 Å². The van der Waals surface area contributed by atoms with Gasteiger partial charge in [-0.3, -0.25) is 0 Å². The van der Waals surface area contributed by atoms with Crippen molar-refractivity contribution in [3.05, 3.63) is 35.2 Å². The number of nitrogens with zero attached hydrogens (tertiary/aromatic N) is 2. The molecular formula is C16H17N3S2. The molecule has 2 N–H and O–H groups in total. The van der Waals surface area contributed by atoms with Crippen molar-refractivity contribution >= 4 is 39.1 Å². The highest BCUT2D eigenvalue weighted by atomic mass is 32.2. The van der Waals surface area contributed by atoms with Crippen LogP contribution in [0, 0.1) is 0 Å². The van der Waals surface area contributed by atoms with Gasteiger partial charge in [-0.25, -0.2) is 9.97 Å². The number of benzene rings is 1. The van der Waals surface area contributed by atoms with Gasteiger partial charge in [-0.1, -0.05) is 26.0 Å². The molecule has 0 bridgehead atoms. The largest absolute Gasteiger partial charge is 0.383 e. The Morgan fingerprint density at radius 2 is 1.90 bits per heavy atom. The van der Waals surface area contributed by atoms with Crippen molar-refractivity contribution in [3.8, 4) is 11.4 Å². The quantitative estimate of drug-likeness (QED) is 0.714. The number of fused-ring (bicyclic) bond motifs is 1. The number of hydrogen-bond donors (Lipinski definition) is 1. The van der Waals surface area contributed by atoms with Crippen LogP contribution in [0.15, 0.2) is 35.2 Å². The van der Waals surface area contributed by atoms with Gasteiger partial charge in [-0.15, -0.1) is 23.1 Å². The molecule has 3 aromatic rings. The van der Waals surface area contributed by atoms with Crippen LogP contribution in [0.5, 0.6) is 0 Å². The number of aryl methyl sites for hydroxylation is 1. The van der Waals surface area contributed by atoms with Gasteiger partial charge < -0.3 is 5.73 Å². The van der Waals surface area contributed by atoms with Gasteiger partial charge >= 0.3 is 0 Å². The van der Waals surface area contributed by atoms with Crippen LogP contribution in [0.1, 0.15) is 18.7 Å². The van der Waals surface area contributed by atoms with Gasteiger partial charge in [0.05, 0.1) is 5.39 Å². The number of aromatic nitrogens is 2. The summed E-state index contributed by atoms with van der Waals surface area (Å²) in [5.41, 5.74) is 7.10. The third-order valence-electron chi connectivity index (χ3n) is 3.25. The number of hydrogen-bond acceptors (Lipinski definition) is 5. The minimum atomic E-state index is 0.568. The van der Waals surface area contributed by atoms with E-state index in [1.807, 2.05) is 11.8 Å². The lowest BCUT2D eigenvalue weighted by atomic mass is 10.2. The van der Waals surface area contributed by atoms with Gasteiger partial charge in [0.2, 0.25) is 0 Å². The van der Waals surface area contributed by atoms with E-state index in [-0.39, 0.29) is 0 Å². The molecule has 108 valence electrons. The van der Waals surface area contributed by atoms with Gasteiger partial charge in [-0.2, -0.15) is 0 Å². The molecule has 2 heterocycles. The van der Waals surface area contributed by atoms with Crippen LogP contribution in [-0.2, 0) is 6.42 Å². The van der Waals surface area contributed by atoms with Crippen LogP contribution in [-0.4, -0.2) is 15.7 Å². The smallest absolute Gasteiger partial charge is 0.163 e. The predicted molar refractivity (Wildman–Crippen MR) is 93.0 cm³/mol. The van der Waals surface area contributed by atoms with Crippen LogP contribution in [0.2, 0.25) is 0 Å². The summed E-state index contributed by atoms with van der Waals surface area (Å²) in [5, 5.41) is 0.971. The minimum Gasteiger partial charge on any atom is -0.383 e. The first-order valence-electron chi connectivity index (χ1n) is 7.00. The molecular weight excluding hydrogens is 298 g/mol. The summed E-state index contributed by atoms with van der Waals surface area (Å²) in [7, 11) is 0. The van der Waals surface area contributed by atoms with Gasteiger partial charge in [0.25, 0.3) is 0 Å². The van der Waals surface area contributed by atoms with Gasteiger partial charge in [0.1, 0.15) is 10.6 Å². The molecule has 0 radical (unpaired) electrons. The van der Waals surface area contributed by atoms with Crippen molar-refractivity contribution in [2.75, 3.05) is 11.5 Å². The van der Waals surface area contributed by atoms with Gasteiger partial charge in [0.15, 0.2) is 5.82 Å².